The highest BCUT2D eigenvalue weighted by molar-refractivity contribution is 5.86. The average Bonchev–Trinajstić information content (AvgIpc) is 3.78. The van der Waals surface area contributed by atoms with Gasteiger partial charge in [-0.3, -0.25) is 4.79 Å². The van der Waals surface area contributed by atoms with Gasteiger partial charge in [0.1, 0.15) is 11.6 Å². The number of hydrogen-bond donors (Lipinski definition) is 1. The molecule has 0 fully saturated rings. The first-order valence-electron chi connectivity index (χ1n) is 19.3. The van der Waals surface area contributed by atoms with Crippen LogP contribution >= 0.6 is 0 Å². The molecule has 1 N–H and O–H groups in total. The Morgan fingerprint density at radius 1 is 0.981 bits per heavy atom. The second-order valence-corrected chi connectivity index (χ2v) is 16.0. The SMILES string of the molecule is CC/C(=C\C(C)c1ccccc1)C1=C(C(C)(C)C2Cc3c(c[nH]c3C)CC2C(=O)N2CC(c3cc(F)ccc3C)=CC2c2ccccc2)CCC(F)=C1. The van der Waals surface area contributed by atoms with Crippen LogP contribution in [0.2, 0.25) is 0 Å². The minimum atomic E-state index is -0.421. The van der Waals surface area contributed by atoms with Crippen molar-refractivity contribution >= 4 is 11.5 Å². The maximum Gasteiger partial charge on any atom is 0.227 e. The van der Waals surface area contributed by atoms with Crippen molar-refractivity contribution in [2.45, 2.75) is 85.6 Å². The summed E-state index contributed by atoms with van der Waals surface area (Å²) >= 11 is 0. The summed E-state index contributed by atoms with van der Waals surface area (Å²) < 4.78 is 30.0. The second-order valence-electron chi connectivity index (χ2n) is 16.0. The summed E-state index contributed by atoms with van der Waals surface area (Å²) in [6, 6.07) is 25.3. The van der Waals surface area contributed by atoms with Crippen LogP contribution in [0.4, 0.5) is 8.78 Å². The van der Waals surface area contributed by atoms with Crippen molar-refractivity contribution in [3.8, 4) is 0 Å². The van der Waals surface area contributed by atoms with Crippen LogP contribution in [0.5, 0.6) is 0 Å². The monoisotopic (exact) mass is 710 g/mol. The number of benzene rings is 3. The Morgan fingerprint density at radius 3 is 2.42 bits per heavy atom. The lowest BCUT2D eigenvalue weighted by Gasteiger charge is -2.46. The van der Waals surface area contributed by atoms with Crippen LogP contribution < -0.4 is 0 Å². The number of aromatic amines is 1. The Labute approximate surface area is 314 Å². The summed E-state index contributed by atoms with van der Waals surface area (Å²) in [7, 11) is 0. The summed E-state index contributed by atoms with van der Waals surface area (Å²) in [5.41, 5.74) is 11.7. The molecule has 3 aliphatic rings. The molecule has 53 heavy (non-hydrogen) atoms. The molecule has 1 aliphatic heterocycles. The second kappa shape index (κ2) is 14.9. The first-order chi connectivity index (χ1) is 25.5. The predicted molar refractivity (Wildman–Crippen MR) is 212 cm³/mol. The van der Waals surface area contributed by atoms with Crippen molar-refractivity contribution < 1.29 is 13.6 Å². The molecule has 3 nitrogen and oxygen atoms in total. The normalized spacial score (nSPS) is 21.3. The number of nitrogens with one attached hydrogen (secondary N) is 1. The third-order valence-electron chi connectivity index (χ3n) is 12.4. The van der Waals surface area contributed by atoms with Crippen molar-refractivity contribution in [2.24, 2.45) is 17.3 Å². The van der Waals surface area contributed by atoms with Gasteiger partial charge in [-0.05, 0) is 125 Å². The molecule has 0 radical (unpaired) electrons. The van der Waals surface area contributed by atoms with E-state index in [4.69, 9.17) is 0 Å². The van der Waals surface area contributed by atoms with Crippen molar-refractivity contribution in [1.29, 1.82) is 0 Å². The molecule has 7 rings (SSSR count). The predicted octanol–water partition coefficient (Wildman–Crippen LogP) is 11.9. The summed E-state index contributed by atoms with van der Waals surface area (Å²) in [6.45, 7) is 13.5. The fourth-order valence-corrected chi connectivity index (χ4v) is 9.35. The zero-order valence-electron chi connectivity index (χ0n) is 32.0. The number of aromatic nitrogens is 1. The maximum atomic E-state index is 15.4. The van der Waals surface area contributed by atoms with E-state index in [0.717, 1.165) is 51.9 Å². The Morgan fingerprint density at radius 2 is 1.70 bits per heavy atom. The number of carbonyl (C=O) groups excluding carboxylic acids is 1. The molecule has 0 spiro atoms. The summed E-state index contributed by atoms with van der Waals surface area (Å²) in [5, 5.41) is 0. The first kappa shape index (κ1) is 36.6. The fraction of sp³-hybridized carbons (Fsp3) is 0.354. The third-order valence-corrected chi connectivity index (χ3v) is 12.4. The van der Waals surface area contributed by atoms with E-state index in [1.807, 2.05) is 42.2 Å². The molecule has 2 heterocycles. The number of allylic oxidation sites excluding steroid dienone is 6. The Balaban J connectivity index is 1.31. The van der Waals surface area contributed by atoms with E-state index in [2.05, 4.69) is 94.3 Å². The quantitative estimate of drug-likeness (QED) is 0.184. The van der Waals surface area contributed by atoms with Gasteiger partial charge in [-0.15, -0.1) is 0 Å². The summed E-state index contributed by atoms with van der Waals surface area (Å²) in [6.07, 6.45) is 11.5. The van der Waals surface area contributed by atoms with Gasteiger partial charge in [0.2, 0.25) is 5.91 Å². The lowest BCUT2D eigenvalue weighted by atomic mass is 9.59. The standard InChI is InChI=1S/C48H52F2N2O/c1-7-33(22-31(3)34-14-10-8-11-15-34)42-26-39(50)20-21-44(42)48(5,6)45-27-41-32(4)51-28-36(41)23-43(45)47(53)52-29-37(40-25-38(49)19-18-30(40)2)24-46(52)35-16-12-9-13-17-35/h8-19,22,24-26,28,31,43,45-46,51H,7,20-21,23,27,29H2,1-6H3/b33-22+. The highest BCUT2D eigenvalue weighted by atomic mass is 19.1. The van der Waals surface area contributed by atoms with Crippen molar-refractivity contribution in [3.05, 3.63) is 171 Å². The Hall–Kier alpha value is -4.77. The van der Waals surface area contributed by atoms with Gasteiger partial charge >= 0.3 is 0 Å². The number of rotatable bonds is 9. The van der Waals surface area contributed by atoms with Gasteiger partial charge < -0.3 is 9.88 Å². The zero-order chi connectivity index (χ0) is 37.4. The van der Waals surface area contributed by atoms with Crippen LogP contribution in [0.3, 0.4) is 0 Å². The van der Waals surface area contributed by atoms with E-state index in [1.165, 1.54) is 28.3 Å². The number of amides is 1. The fourth-order valence-electron chi connectivity index (χ4n) is 9.35. The van der Waals surface area contributed by atoms with Crippen LogP contribution in [0.25, 0.3) is 5.57 Å². The van der Waals surface area contributed by atoms with Gasteiger partial charge in [-0.2, -0.15) is 0 Å². The minimum absolute atomic E-state index is 0.0300. The van der Waals surface area contributed by atoms with Crippen LogP contribution in [-0.2, 0) is 17.6 Å². The minimum Gasteiger partial charge on any atom is -0.365 e. The largest absolute Gasteiger partial charge is 0.365 e. The topological polar surface area (TPSA) is 36.1 Å². The molecule has 4 aromatic rings. The van der Waals surface area contributed by atoms with E-state index < -0.39 is 5.41 Å². The Bertz CT molecular complexity index is 2120. The lowest BCUT2D eigenvalue weighted by molar-refractivity contribution is -0.139. The molecule has 4 atom stereocenters. The van der Waals surface area contributed by atoms with Gasteiger partial charge in [-0.1, -0.05) is 112 Å². The maximum absolute atomic E-state index is 15.4. The summed E-state index contributed by atoms with van der Waals surface area (Å²) in [4.78, 5) is 20.9. The molecule has 1 aromatic heterocycles. The van der Waals surface area contributed by atoms with Gasteiger partial charge in [-0.25, -0.2) is 8.78 Å². The van der Waals surface area contributed by atoms with Crippen molar-refractivity contribution in [3.63, 3.8) is 0 Å². The number of halogens is 2. The highest BCUT2D eigenvalue weighted by Gasteiger charge is 2.48. The van der Waals surface area contributed by atoms with E-state index in [-0.39, 0.29) is 41.3 Å². The third kappa shape index (κ3) is 7.15. The zero-order valence-corrected chi connectivity index (χ0v) is 32.0. The van der Waals surface area contributed by atoms with Gasteiger partial charge in [0.25, 0.3) is 0 Å². The molecule has 4 unspecified atom stereocenters. The van der Waals surface area contributed by atoms with Crippen LogP contribution in [0.15, 0.2) is 126 Å². The number of carbonyl (C=O) groups is 1. The van der Waals surface area contributed by atoms with Gasteiger partial charge in [0, 0.05) is 30.8 Å². The van der Waals surface area contributed by atoms with E-state index in [1.54, 1.807) is 12.1 Å². The van der Waals surface area contributed by atoms with E-state index in [9.17, 15) is 4.39 Å². The van der Waals surface area contributed by atoms with Gasteiger partial charge in [0.15, 0.2) is 0 Å². The van der Waals surface area contributed by atoms with E-state index >= 15 is 9.18 Å². The molecule has 2 aliphatic carbocycles. The number of aryl methyl sites for hydroxylation is 2. The van der Waals surface area contributed by atoms with Crippen LogP contribution in [0.1, 0.15) is 98.0 Å². The average molecular weight is 711 g/mol. The molecule has 3 aromatic carbocycles. The summed E-state index contributed by atoms with van der Waals surface area (Å²) in [5.74, 6) is -0.410. The molecule has 274 valence electrons. The molecule has 0 bridgehead atoms. The number of H-pyrrole nitrogens is 1. The van der Waals surface area contributed by atoms with Gasteiger partial charge in [0.05, 0.1) is 6.04 Å². The molecule has 0 saturated carbocycles. The van der Waals surface area contributed by atoms with Crippen LogP contribution in [-0.4, -0.2) is 22.3 Å². The highest BCUT2D eigenvalue weighted by Crippen LogP contribution is 2.52. The number of nitrogens with zero attached hydrogens (tertiary/aromatic N) is 1. The van der Waals surface area contributed by atoms with Crippen LogP contribution in [0, 0.1) is 36.9 Å². The molecular weight excluding hydrogens is 659 g/mol. The van der Waals surface area contributed by atoms with Crippen molar-refractivity contribution in [2.75, 3.05) is 6.54 Å². The molecule has 0 saturated heterocycles. The van der Waals surface area contributed by atoms with E-state index in [0.29, 0.717) is 25.8 Å². The lowest BCUT2D eigenvalue weighted by Crippen LogP contribution is -2.47. The molecular formula is C48H52F2N2O. The first-order valence-corrected chi connectivity index (χ1v) is 19.3. The molecule has 5 heteroatoms. The Kier molecular flexibility index (Phi) is 10.3. The smallest absolute Gasteiger partial charge is 0.227 e. The molecule has 1 amide bonds. The number of hydrogen-bond acceptors (Lipinski definition) is 1. The van der Waals surface area contributed by atoms with Crippen molar-refractivity contribution in [1.82, 2.24) is 9.88 Å². The number of fused-ring (bicyclic) bond motifs is 1.